The van der Waals surface area contributed by atoms with E-state index < -0.39 is 28.0 Å². The Hall–Kier alpha value is -2.71. The third-order valence-corrected chi connectivity index (χ3v) is 6.52. The van der Waals surface area contributed by atoms with Crippen molar-refractivity contribution in [3.8, 4) is 0 Å². The van der Waals surface area contributed by atoms with E-state index in [9.17, 15) is 18.0 Å². The Labute approximate surface area is 163 Å². The molecule has 1 aliphatic heterocycles. The molecule has 28 heavy (non-hydrogen) atoms. The van der Waals surface area contributed by atoms with Crippen LogP contribution in [0.15, 0.2) is 53.4 Å². The van der Waals surface area contributed by atoms with Crippen molar-refractivity contribution < 1.29 is 27.5 Å². The molecule has 0 unspecified atom stereocenters. The topological polar surface area (TPSA) is 90.0 Å². The molecule has 1 aliphatic rings. The molecule has 1 heterocycles. The number of carbonyl (C=O) groups is 2. The molecular weight excluding hydrogens is 382 g/mol. The molecule has 1 atom stereocenters. The van der Waals surface area contributed by atoms with Gasteiger partial charge in [-0.3, -0.25) is 4.79 Å². The van der Waals surface area contributed by atoms with Crippen LogP contribution < -0.4 is 0 Å². The van der Waals surface area contributed by atoms with Crippen molar-refractivity contribution in [1.82, 2.24) is 4.31 Å². The lowest BCUT2D eigenvalue weighted by atomic mass is 9.96. The SMILES string of the molecule is CCOC(=O)c1ccc(S(=O)(=O)N2Cc3ccccc3C[C@H]2C(=O)OC)cc1. The summed E-state index contributed by atoms with van der Waals surface area (Å²) in [7, 11) is -2.75. The smallest absolute Gasteiger partial charge is 0.338 e. The van der Waals surface area contributed by atoms with E-state index >= 15 is 0 Å². The Balaban J connectivity index is 1.96. The van der Waals surface area contributed by atoms with Gasteiger partial charge in [-0.05, 0) is 42.3 Å². The van der Waals surface area contributed by atoms with Crippen molar-refractivity contribution in [1.29, 1.82) is 0 Å². The molecule has 0 amide bonds. The number of carbonyl (C=O) groups excluding carboxylic acids is 2. The zero-order chi connectivity index (χ0) is 20.3. The first-order valence-corrected chi connectivity index (χ1v) is 10.3. The summed E-state index contributed by atoms with van der Waals surface area (Å²) < 4.78 is 37.4. The van der Waals surface area contributed by atoms with Crippen molar-refractivity contribution in [3.05, 3.63) is 65.2 Å². The van der Waals surface area contributed by atoms with Gasteiger partial charge in [0, 0.05) is 13.0 Å². The van der Waals surface area contributed by atoms with E-state index in [0.717, 1.165) is 15.4 Å². The number of ether oxygens (including phenoxy) is 2. The van der Waals surface area contributed by atoms with Crippen LogP contribution in [0.5, 0.6) is 0 Å². The zero-order valence-corrected chi connectivity index (χ0v) is 16.4. The van der Waals surface area contributed by atoms with Crippen LogP contribution in [0.3, 0.4) is 0 Å². The number of benzene rings is 2. The maximum absolute atomic E-state index is 13.2. The Morgan fingerprint density at radius 3 is 2.32 bits per heavy atom. The quantitative estimate of drug-likeness (QED) is 0.711. The van der Waals surface area contributed by atoms with E-state index in [-0.39, 0.29) is 30.0 Å². The fourth-order valence-electron chi connectivity index (χ4n) is 3.20. The summed E-state index contributed by atoms with van der Waals surface area (Å²) in [5.74, 6) is -1.13. The van der Waals surface area contributed by atoms with Gasteiger partial charge in [0.1, 0.15) is 6.04 Å². The van der Waals surface area contributed by atoms with Crippen LogP contribution in [0.1, 0.15) is 28.4 Å². The average Bonchev–Trinajstić information content (AvgIpc) is 2.72. The lowest BCUT2D eigenvalue weighted by Crippen LogP contribution is -2.49. The Morgan fingerprint density at radius 1 is 1.07 bits per heavy atom. The average molecular weight is 403 g/mol. The maximum Gasteiger partial charge on any atom is 0.338 e. The van der Waals surface area contributed by atoms with Crippen LogP contribution in [-0.4, -0.2) is 44.4 Å². The van der Waals surface area contributed by atoms with Gasteiger partial charge in [-0.2, -0.15) is 4.31 Å². The highest BCUT2D eigenvalue weighted by Crippen LogP contribution is 2.29. The first-order valence-electron chi connectivity index (χ1n) is 8.82. The number of rotatable bonds is 5. The molecule has 0 aromatic heterocycles. The van der Waals surface area contributed by atoms with Crippen molar-refractivity contribution >= 4 is 22.0 Å². The summed E-state index contributed by atoms with van der Waals surface area (Å²) in [5, 5.41) is 0. The number of esters is 2. The largest absolute Gasteiger partial charge is 0.468 e. The molecule has 148 valence electrons. The maximum atomic E-state index is 13.2. The van der Waals surface area contributed by atoms with E-state index in [1.807, 2.05) is 24.3 Å². The van der Waals surface area contributed by atoms with E-state index in [0.29, 0.717) is 0 Å². The lowest BCUT2D eigenvalue weighted by molar-refractivity contribution is -0.145. The minimum absolute atomic E-state index is 0.00571. The first kappa shape index (κ1) is 20.0. The highest BCUT2D eigenvalue weighted by atomic mass is 32.2. The molecule has 0 saturated heterocycles. The third kappa shape index (κ3) is 3.79. The van der Waals surface area contributed by atoms with Gasteiger partial charge in [0.15, 0.2) is 0 Å². The van der Waals surface area contributed by atoms with Crippen LogP contribution in [0.2, 0.25) is 0 Å². The van der Waals surface area contributed by atoms with Crippen molar-refractivity contribution in [2.45, 2.75) is 30.8 Å². The molecule has 0 saturated carbocycles. The molecule has 2 aromatic carbocycles. The number of nitrogens with zero attached hydrogens (tertiary/aromatic N) is 1. The van der Waals surface area contributed by atoms with Crippen LogP contribution in [0.25, 0.3) is 0 Å². The Kier molecular flexibility index (Phi) is 5.81. The monoisotopic (exact) mass is 403 g/mol. The predicted molar refractivity (Wildman–Crippen MR) is 101 cm³/mol. The van der Waals surface area contributed by atoms with Gasteiger partial charge >= 0.3 is 11.9 Å². The molecular formula is C20H21NO6S. The molecule has 0 N–H and O–H groups in total. The molecule has 0 radical (unpaired) electrons. The normalized spacial score (nSPS) is 16.9. The van der Waals surface area contributed by atoms with E-state index in [4.69, 9.17) is 9.47 Å². The van der Waals surface area contributed by atoms with Gasteiger partial charge in [-0.1, -0.05) is 24.3 Å². The number of hydrogen-bond donors (Lipinski definition) is 0. The number of hydrogen-bond acceptors (Lipinski definition) is 6. The van der Waals surface area contributed by atoms with Crippen LogP contribution in [0.4, 0.5) is 0 Å². The Morgan fingerprint density at radius 2 is 1.71 bits per heavy atom. The van der Waals surface area contributed by atoms with Gasteiger partial charge in [-0.15, -0.1) is 0 Å². The van der Waals surface area contributed by atoms with Crippen molar-refractivity contribution in [3.63, 3.8) is 0 Å². The Bertz CT molecular complexity index is 984. The molecule has 3 rings (SSSR count). The van der Waals surface area contributed by atoms with E-state index in [1.165, 1.54) is 31.4 Å². The van der Waals surface area contributed by atoms with E-state index in [2.05, 4.69) is 0 Å². The number of methoxy groups -OCH3 is 1. The van der Waals surface area contributed by atoms with E-state index in [1.54, 1.807) is 6.92 Å². The third-order valence-electron chi connectivity index (χ3n) is 4.65. The van der Waals surface area contributed by atoms with Crippen molar-refractivity contribution in [2.75, 3.05) is 13.7 Å². The zero-order valence-electron chi connectivity index (χ0n) is 15.6. The summed E-state index contributed by atoms with van der Waals surface area (Å²) in [4.78, 5) is 24.1. The summed E-state index contributed by atoms with van der Waals surface area (Å²) in [5.41, 5.74) is 2.02. The van der Waals surface area contributed by atoms with Gasteiger partial charge in [0.25, 0.3) is 0 Å². The summed E-state index contributed by atoms with van der Waals surface area (Å²) >= 11 is 0. The van der Waals surface area contributed by atoms with Crippen LogP contribution in [0, 0.1) is 0 Å². The minimum atomic E-state index is -3.98. The molecule has 0 bridgehead atoms. The van der Waals surface area contributed by atoms with Gasteiger partial charge in [0.2, 0.25) is 10.0 Å². The number of sulfonamides is 1. The summed E-state index contributed by atoms with van der Waals surface area (Å²) in [6.07, 6.45) is 0.239. The molecule has 8 heteroatoms. The second-order valence-corrected chi connectivity index (χ2v) is 8.20. The lowest BCUT2D eigenvalue weighted by Gasteiger charge is -2.34. The highest BCUT2D eigenvalue weighted by Gasteiger charge is 2.40. The van der Waals surface area contributed by atoms with Crippen LogP contribution in [-0.2, 0) is 37.3 Å². The molecule has 7 nitrogen and oxygen atoms in total. The van der Waals surface area contributed by atoms with Crippen molar-refractivity contribution in [2.24, 2.45) is 0 Å². The fourth-order valence-corrected chi connectivity index (χ4v) is 4.76. The fraction of sp³-hybridized carbons (Fsp3) is 0.300. The van der Waals surface area contributed by atoms with Crippen LogP contribution >= 0.6 is 0 Å². The van der Waals surface area contributed by atoms with Gasteiger partial charge in [-0.25, -0.2) is 13.2 Å². The molecule has 0 fully saturated rings. The highest BCUT2D eigenvalue weighted by molar-refractivity contribution is 7.89. The second-order valence-electron chi connectivity index (χ2n) is 6.31. The predicted octanol–water partition coefficient (Wildman–Crippen LogP) is 2.15. The second kappa shape index (κ2) is 8.12. The summed E-state index contributed by atoms with van der Waals surface area (Å²) in [6, 6.07) is 11.9. The molecule has 0 spiro atoms. The summed E-state index contributed by atoms with van der Waals surface area (Å²) in [6.45, 7) is 1.99. The van der Waals surface area contributed by atoms with Gasteiger partial charge < -0.3 is 9.47 Å². The molecule has 0 aliphatic carbocycles. The standard InChI is InChI=1S/C20H21NO6S/c1-3-27-19(22)14-8-10-17(11-9-14)28(24,25)21-13-16-7-5-4-6-15(16)12-18(21)20(23)26-2/h4-11,18H,3,12-13H2,1-2H3/t18-/m0/s1. The van der Waals surface area contributed by atoms with Gasteiger partial charge in [0.05, 0.1) is 24.2 Å². The molecule has 2 aromatic rings. The first-order chi connectivity index (χ1) is 13.4. The number of fused-ring (bicyclic) bond motifs is 1. The minimum Gasteiger partial charge on any atom is -0.468 e.